The van der Waals surface area contributed by atoms with Crippen molar-refractivity contribution < 1.29 is 19.1 Å². The van der Waals surface area contributed by atoms with Crippen LogP contribution in [0, 0.1) is 0 Å². The van der Waals surface area contributed by atoms with E-state index in [0.29, 0.717) is 5.69 Å². The third kappa shape index (κ3) is 2.65. The molecule has 6 heteroatoms. The zero-order chi connectivity index (χ0) is 14.8. The van der Waals surface area contributed by atoms with Gasteiger partial charge in [0.2, 0.25) is 0 Å². The van der Waals surface area contributed by atoms with E-state index in [1.807, 2.05) is 37.3 Å². The van der Waals surface area contributed by atoms with Gasteiger partial charge in [0.1, 0.15) is 12.1 Å². The minimum atomic E-state index is -0.777. The standard InChI is InChI=1S/C15H14N2O4/c1-10(11-5-3-2-4-6-11)17-9-16-8-12(17)15(19)21-14-7-13(18)20-14/h2-6,8-10,14H,7H2,1H3/t10-,14+/m1/s1. The van der Waals surface area contributed by atoms with Crippen LogP contribution in [0.4, 0.5) is 0 Å². The number of nitrogens with zero attached hydrogens (tertiary/aromatic N) is 2. The molecule has 1 aliphatic rings. The summed E-state index contributed by atoms with van der Waals surface area (Å²) in [6, 6.07) is 9.72. The van der Waals surface area contributed by atoms with Crippen molar-refractivity contribution in [1.82, 2.24) is 9.55 Å². The Morgan fingerprint density at radius 3 is 2.81 bits per heavy atom. The first-order valence-corrected chi connectivity index (χ1v) is 6.62. The smallest absolute Gasteiger partial charge is 0.359 e. The molecule has 1 saturated heterocycles. The lowest BCUT2D eigenvalue weighted by Crippen LogP contribution is -2.37. The van der Waals surface area contributed by atoms with Gasteiger partial charge in [-0.1, -0.05) is 30.3 Å². The first kappa shape index (κ1) is 13.4. The van der Waals surface area contributed by atoms with E-state index in [0.717, 1.165) is 5.56 Å². The van der Waals surface area contributed by atoms with Gasteiger partial charge in [0, 0.05) is 0 Å². The SMILES string of the molecule is C[C@H](c1ccccc1)n1cncc1C(=O)O[C@H]1CC(=O)O1. The van der Waals surface area contributed by atoms with E-state index in [2.05, 4.69) is 9.72 Å². The lowest BCUT2D eigenvalue weighted by atomic mass is 10.1. The second kappa shape index (κ2) is 5.40. The molecule has 1 fully saturated rings. The Kier molecular flexibility index (Phi) is 3.43. The summed E-state index contributed by atoms with van der Waals surface area (Å²) in [6.07, 6.45) is 2.36. The quantitative estimate of drug-likeness (QED) is 0.803. The number of ether oxygens (including phenoxy) is 2. The average molecular weight is 286 g/mol. The maximum atomic E-state index is 12.1. The van der Waals surface area contributed by atoms with Gasteiger partial charge < -0.3 is 14.0 Å². The van der Waals surface area contributed by atoms with Crippen molar-refractivity contribution in [3.8, 4) is 0 Å². The number of cyclic esters (lactones) is 1. The second-order valence-electron chi connectivity index (χ2n) is 4.80. The Hall–Kier alpha value is -2.63. The molecule has 0 saturated carbocycles. The molecule has 108 valence electrons. The molecular formula is C15H14N2O4. The number of esters is 2. The third-order valence-corrected chi connectivity index (χ3v) is 3.41. The van der Waals surface area contributed by atoms with Crippen LogP contribution < -0.4 is 0 Å². The molecule has 2 heterocycles. The van der Waals surface area contributed by atoms with Crippen LogP contribution in [0.2, 0.25) is 0 Å². The van der Waals surface area contributed by atoms with Crippen LogP contribution in [-0.2, 0) is 14.3 Å². The summed E-state index contributed by atoms with van der Waals surface area (Å²) in [5.41, 5.74) is 1.38. The van der Waals surface area contributed by atoms with Crippen LogP contribution in [0.15, 0.2) is 42.9 Å². The minimum Gasteiger partial charge on any atom is -0.424 e. The van der Waals surface area contributed by atoms with Crippen molar-refractivity contribution in [3.05, 3.63) is 54.1 Å². The molecule has 2 atom stereocenters. The van der Waals surface area contributed by atoms with Gasteiger partial charge in [0.05, 0.1) is 18.6 Å². The number of rotatable bonds is 4. The molecule has 1 aliphatic heterocycles. The van der Waals surface area contributed by atoms with Gasteiger partial charge in [-0.05, 0) is 12.5 Å². The van der Waals surface area contributed by atoms with Crippen LogP contribution in [0.5, 0.6) is 0 Å². The first-order chi connectivity index (χ1) is 10.1. The number of carbonyl (C=O) groups is 2. The number of imidazole rings is 1. The highest BCUT2D eigenvalue weighted by Crippen LogP contribution is 2.21. The molecule has 1 aromatic heterocycles. The summed E-state index contributed by atoms with van der Waals surface area (Å²) < 4.78 is 11.5. The van der Waals surface area contributed by atoms with E-state index in [4.69, 9.17) is 4.74 Å². The highest BCUT2D eigenvalue weighted by Gasteiger charge is 2.33. The number of hydrogen-bond acceptors (Lipinski definition) is 5. The van der Waals surface area contributed by atoms with Gasteiger partial charge in [-0.2, -0.15) is 0 Å². The van der Waals surface area contributed by atoms with E-state index in [9.17, 15) is 9.59 Å². The molecule has 0 aliphatic carbocycles. The zero-order valence-corrected chi connectivity index (χ0v) is 11.4. The van der Waals surface area contributed by atoms with Crippen LogP contribution in [0.25, 0.3) is 0 Å². The fourth-order valence-corrected chi connectivity index (χ4v) is 2.18. The second-order valence-corrected chi connectivity index (χ2v) is 4.80. The zero-order valence-electron chi connectivity index (χ0n) is 11.4. The van der Waals surface area contributed by atoms with Crippen molar-refractivity contribution in [3.63, 3.8) is 0 Å². The molecule has 21 heavy (non-hydrogen) atoms. The van der Waals surface area contributed by atoms with Crippen LogP contribution in [-0.4, -0.2) is 27.8 Å². The number of hydrogen-bond donors (Lipinski definition) is 0. The molecule has 6 nitrogen and oxygen atoms in total. The predicted octanol–water partition coefficient (Wildman–Crippen LogP) is 1.92. The molecule has 0 bridgehead atoms. The maximum absolute atomic E-state index is 12.1. The summed E-state index contributed by atoms with van der Waals surface area (Å²) in [4.78, 5) is 26.8. The highest BCUT2D eigenvalue weighted by molar-refractivity contribution is 5.88. The molecule has 0 amide bonds. The molecule has 0 spiro atoms. The van der Waals surface area contributed by atoms with E-state index in [1.54, 1.807) is 10.9 Å². The molecule has 2 aromatic rings. The van der Waals surface area contributed by atoms with Crippen LogP contribution >= 0.6 is 0 Å². The molecule has 0 unspecified atom stereocenters. The van der Waals surface area contributed by atoms with E-state index in [-0.39, 0.29) is 18.4 Å². The van der Waals surface area contributed by atoms with Crippen LogP contribution in [0.3, 0.4) is 0 Å². The fourth-order valence-electron chi connectivity index (χ4n) is 2.18. The molecule has 0 N–H and O–H groups in total. The Bertz CT molecular complexity index is 657. The molecule has 1 aromatic carbocycles. The van der Waals surface area contributed by atoms with E-state index in [1.165, 1.54) is 6.20 Å². The third-order valence-electron chi connectivity index (χ3n) is 3.41. The van der Waals surface area contributed by atoms with Crippen molar-refractivity contribution in [2.24, 2.45) is 0 Å². The maximum Gasteiger partial charge on any atom is 0.359 e. The van der Waals surface area contributed by atoms with Crippen molar-refractivity contribution >= 4 is 11.9 Å². The van der Waals surface area contributed by atoms with E-state index < -0.39 is 12.3 Å². The highest BCUT2D eigenvalue weighted by atomic mass is 16.7. The topological polar surface area (TPSA) is 70.4 Å². The Morgan fingerprint density at radius 1 is 1.43 bits per heavy atom. The Labute approximate surface area is 121 Å². The Morgan fingerprint density at radius 2 is 2.14 bits per heavy atom. The fraction of sp³-hybridized carbons (Fsp3) is 0.267. The lowest BCUT2D eigenvalue weighted by Gasteiger charge is -2.25. The van der Waals surface area contributed by atoms with Crippen molar-refractivity contribution in [2.45, 2.75) is 25.7 Å². The molecule has 0 radical (unpaired) electrons. The summed E-state index contributed by atoms with van der Waals surface area (Å²) in [6.45, 7) is 1.97. The van der Waals surface area contributed by atoms with Crippen LogP contribution in [0.1, 0.15) is 35.4 Å². The van der Waals surface area contributed by atoms with Gasteiger partial charge in [-0.15, -0.1) is 0 Å². The van der Waals surface area contributed by atoms with Gasteiger partial charge >= 0.3 is 11.9 Å². The van der Waals surface area contributed by atoms with Crippen molar-refractivity contribution in [2.75, 3.05) is 0 Å². The average Bonchev–Trinajstić information content (AvgIpc) is 2.95. The summed E-state index contributed by atoms with van der Waals surface area (Å²) >= 11 is 0. The summed E-state index contributed by atoms with van der Waals surface area (Å²) in [5, 5.41) is 0. The lowest BCUT2D eigenvalue weighted by molar-refractivity contribution is -0.203. The summed E-state index contributed by atoms with van der Waals surface area (Å²) in [7, 11) is 0. The Balaban J connectivity index is 1.77. The molecule has 3 rings (SSSR count). The van der Waals surface area contributed by atoms with Gasteiger partial charge in [-0.25, -0.2) is 9.78 Å². The number of carbonyl (C=O) groups excluding carboxylic acids is 2. The normalized spacial score (nSPS) is 18.5. The number of benzene rings is 1. The van der Waals surface area contributed by atoms with Gasteiger partial charge in [0.25, 0.3) is 6.29 Å². The van der Waals surface area contributed by atoms with Crippen molar-refractivity contribution in [1.29, 1.82) is 0 Å². The largest absolute Gasteiger partial charge is 0.424 e. The summed E-state index contributed by atoms with van der Waals surface area (Å²) in [5.74, 6) is -0.910. The predicted molar refractivity (Wildman–Crippen MR) is 72.4 cm³/mol. The van der Waals surface area contributed by atoms with Gasteiger partial charge in [0.15, 0.2) is 0 Å². The monoisotopic (exact) mass is 286 g/mol. The first-order valence-electron chi connectivity index (χ1n) is 6.62. The van der Waals surface area contributed by atoms with Gasteiger partial charge in [-0.3, -0.25) is 4.79 Å². The number of aromatic nitrogens is 2. The van der Waals surface area contributed by atoms with E-state index >= 15 is 0 Å². The molecular weight excluding hydrogens is 272 g/mol. The minimum absolute atomic E-state index is 0.0554.